The molecule has 2 atom stereocenters. The number of thiophene rings is 1. The standard InChI is InChI=1S/C19H24N2O4S2/c22-15-6-4-5-14(11-15)18-7-8-19(26-18)27(23,24)20-16-12-25-13-17(16)21-9-2-1-3-10-21/h4-8,11,16-17,20,22H,1-3,9-10,12-13H2/t16-,17-/m0/s1. The minimum atomic E-state index is -3.61. The highest BCUT2D eigenvalue weighted by molar-refractivity contribution is 7.91. The molecule has 2 aliphatic rings. The van der Waals surface area contributed by atoms with Crippen LogP contribution in [0, 0.1) is 0 Å². The van der Waals surface area contributed by atoms with E-state index in [9.17, 15) is 13.5 Å². The van der Waals surface area contributed by atoms with Crippen molar-refractivity contribution in [1.29, 1.82) is 0 Å². The third kappa shape index (κ3) is 4.20. The van der Waals surface area contributed by atoms with Crippen LogP contribution in [-0.2, 0) is 14.8 Å². The van der Waals surface area contributed by atoms with Gasteiger partial charge in [0.2, 0.25) is 10.0 Å². The molecule has 4 rings (SSSR count). The fourth-order valence-electron chi connectivity index (χ4n) is 3.80. The fraction of sp³-hybridized carbons (Fsp3) is 0.474. The van der Waals surface area contributed by atoms with E-state index < -0.39 is 10.0 Å². The molecule has 0 unspecified atom stereocenters. The summed E-state index contributed by atoms with van der Waals surface area (Å²) in [6.45, 7) is 3.00. The Morgan fingerprint density at radius 1 is 1.11 bits per heavy atom. The van der Waals surface area contributed by atoms with Gasteiger partial charge in [-0.05, 0) is 55.8 Å². The van der Waals surface area contributed by atoms with Gasteiger partial charge in [0.15, 0.2) is 0 Å². The molecule has 0 amide bonds. The number of ether oxygens (including phenoxy) is 1. The molecule has 2 saturated heterocycles. The molecule has 0 aliphatic carbocycles. The zero-order valence-corrected chi connectivity index (χ0v) is 16.6. The Balaban J connectivity index is 1.50. The zero-order valence-electron chi connectivity index (χ0n) is 15.0. The molecule has 2 aromatic rings. The van der Waals surface area contributed by atoms with Gasteiger partial charge in [0, 0.05) is 4.88 Å². The summed E-state index contributed by atoms with van der Waals surface area (Å²) in [6, 6.07) is 10.1. The minimum Gasteiger partial charge on any atom is -0.508 e. The number of piperidine rings is 1. The Labute approximate surface area is 163 Å². The van der Waals surface area contributed by atoms with Crippen LogP contribution in [0.4, 0.5) is 0 Å². The smallest absolute Gasteiger partial charge is 0.250 e. The van der Waals surface area contributed by atoms with E-state index >= 15 is 0 Å². The normalized spacial score (nSPS) is 24.3. The molecular formula is C19H24N2O4S2. The number of phenols is 1. The van der Waals surface area contributed by atoms with Gasteiger partial charge in [-0.25, -0.2) is 13.1 Å². The van der Waals surface area contributed by atoms with Crippen LogP contribution in [-0.4, -0.2) is 56.8 Å². The summed E-state index contributed by atoms with van der Waals surface area (Å²) in [6.07, 6.45) is 3.57. The number of hydrogen-bond donors (Lipinski definition) is 2. The molecule has 27 heavy (non-hydrogen) atoms. The van der Waals surface area contributed by atoms with E-state index in [-0.39, 0.29) is 22.0 Å². The van der Waals surface area contributed by atoms with Crippen LogP contribution in [0.3, 0.4) is 0 Å². The zero-order chi connectivity index (χ0) is 18.9. The van der Waals surface area contributed by atoms with Gasteiger partial charge in [0.05, 0.1) is 25.3 Å². The summed E-state index contributed by atoms with van der Waals surface area (Å²) in [4.78, 5) is 3.16. The third-order valence-electron chi connectivity index (χ3n) is 5.19. The van der Waals surface area contributed by atoms with Crippen LogP contribution in [0.5, 0.6) is 5.75 Å². The Bertz CT molecular complexity index is 891. The summed E-state index contributed by atoms with van der Waals surface area (Å²) in [5, 5.41) is 9.64. The number of aromatic hydroxyl groups is 1. The molecule has 6 nitrogen and oxygen atoms in total. The lowest BCUT2D eigenvalue weighted by Gasteiger charge is -2.34. The SMILES string of the molecule is O=S(=O)(N[C@H]1COC[C@@H]1N1CCCCC1)c1ccc(-c2cccc(O)c2)s1. The molecule has 2 N–H and O–H groups in total. The second kappa shape index (κ2) is 7.89. The lowest BCUT2D eigenvalue weighted by molar-refractivity contribution is 0.126. The maximum atomic E-state index is 12.9. The average molecular weight is 409 g/mol. The van der Waals surface area contributed by atoms with Crippen molar-refractivity contribution in [3.8, 4) is 16.2 Å². The first-order valence-electron chi connectivity index (χ1n) is 9.26. The van der Waals surface area contributed by atoms with Gasteiger partial charge in [-0.1, -0.05) is 18.6 Å². The van der Waals surface area contributed by atoms with E-state index in [2.05, 4.69) is 9.62 Å². The molecular weight excluding hydrogens is 384 g/mol. The fourth-order valence-corrected chi connectivity index (χ4v) is 6.37. The quantitative estimate of drug-likeness (QED) is 0.795. The maximum Gasteiger partial charge on any atom is 0.250 e. The number of sulfonamides is 1. The lowest BCUT2D eigenvalue weighted by atomic mass is 10.1. The summed E-state index contributed by atoms with van der Waals surface area (Å²) in [5.74, 6) is 0.163. The molecule has 2 aliphatic heterocycles. The van der Waals surface area contributed by atoms with E-state index in [4.69, 9.17) is 4.74 Å². The summed E-state index contributed by atoms with van der Waals surface area (Å²) >= 11 is 1.21. The van der Waals surface area contributed by atoms with Gasteiger partial charge in [-0.3, -0.25) is 4.90 Å². The molecule has 0 saturated carbocycles. The van der Waals surface area contributed by atoms with Crippen molar-refractivity contribution in [1.82, 2.24) is 9.62 Å². The number of rotatable bonds is 5. The molecule has 146 valence electrons. The number of phenolic OH excluding ortho intramolecular Hbond substituents is 1. The van der Waals surface area contributed by atoms with Crippen molar-refractivity contribution in [3.63, 3.8) is 0 Å². The largest absolute Gasteiger partial charge is 0.508 e. The summed E-state index contributed by atoms with van der Waals surface area (Å²) in [7, 11) is -3.61. The van der Waals surface area contributed by atoms with Gasteiger partial charge in [0.25, 0.3) is 0 Å². The molecule has 0 bridgehead atoms. The van der Waals surface area contributed by atoms with Crippen molar-refractivity contribution in [2.75, 3.05) is 26.3 Å². The predicted molar refractivity (Wildman–Crippen MR) is 106 cm³/mol. The van der Waals surface area contributed by atoms with Crippen LogP contribution >= 0.6 is 11.3 Å². The number of benzene rings is 1. The minimum absolute atomic E-state index is 0.102. The Morgan fingerprint density at radius 3 is 2.70 bits per heavy atom. The Morgan fingerprint density at radius 2 is 1.93 bits per heavy atom. The van der Waals surface area contributed by atoms with Crippen LogP contribution in [0.2, 0.25) is 0 Å². The third-order valence-corrected chi connectivity index (χ3v) is 8.31. The Kier molecular flexibility index (Phi) is 5.52. The lowest BCUT2D eigenvalue weighted by Crippen LogP contribution is -2.52. The van der Waals surface area contributed by atoms with Crippen molar-refractivity contribution >= 4 is 21.4 Å². The first kappa shape index (κ1) is 18.9. The molecule has 0 spiro atoms. The molecule has 1 aromatic carbocycles. The van der Waals surface area contributed by atoms with Gasteiger partial charge in [0.1, 0.15) is 9.96 Å². The first-order chi connectivity index (χ1) is 13.0. The monoisotopic (exact) mass is 408 g/mol. The first-order valence-corrected chi connectivity index (χ1v) is 11.6. The second-order valence-electron chi connectivity index (χ2n) is 7.10. The van der Waals surface area contributed by atoms with E-state index in [1.54, 1.807) is 30.3 Å². The number of likely N-dealkylation sites (tertiary alicyclic amines) is 1. The Hall–Kier alpha value is -1.45. The maximum absolute atomic E-state index is 12.9. The van der Waals surface area contributed by atoms with Crippen LogP contribution < -0.4 is 4.72 Å². The second-order valence-corrected chi connectivity index (χ2v) is 10.1. The summed E-state index contributed by atoms with van der Waals surface area (Å²) in [5.41, 5.74) is 0.803. The summed E-state index contributed by atoms with van der Waals surface area (Å²) < 4.78 is 34.6. The van der Waals surface area contributed by atoms with E-state index in [0.717, 1.165) is 36.4 Å². The highest BCUT2D eigenvalue weighted by atomic mass is 32.2. The average Bonchev–Trinajstić information content (AvgIpc) is 3.32. The highest BCUT2D eigenvalue weighted by Crippen LogP contribution is 2.32. The molecule has 8 heteroatoms. The molecule has 0 radical (unpaired) electrons. The number of nitrogens with one attached hydrogen (secondary N) is 1. The molecule has 2 fully saturated rings. The number of nitrogens with zero attached hydrogens (tertiary/aromatic N) is 1. The highest BCUT2D eigenvalue weighted by Gasteiger charge is 2.36. The van der Waals surface area contributed by atoms with Crippen molar-refractivity contribution in [2.24, 2.45) is 0 Å². The van der Waals surface area contributed by atoms with Crippen LogP contribution in [0.1, 0.15) is 19.3 Å². The number of hydrogen-bond acceptors (Lipinski definition) is 6. The van der Waals surface area contributed by atoms with Gasteiger partial charge >= 0.3 is 0 Å². The van der Waals surface area contributed by atoms with Gasteiger partial charge < -0.3 is 9.84 Å². The van der Waals surface area contributed by atoms with E-state index in [0.29, 0.717) is 13.2 Å². The molecule has 3 heterocycles. The predicted octanol–water partition coefficient (Wildman–Crippen LogP) is 2.65. The van der Waals surface area contributed by atoms with Crippen molar-refractivity contribution < 1.29 is 18.3 Å². The van der Waals surface area contributed by atoms with Crippen molar-refractivity contribution in [3.05, 3.63) is 36.4 Å². The molecule has 1 aromatic heterocycles. The van der Waals surface area contributed by atoms with Gasteiger partial charge in [-0.2, -0.15) is 0 Å². The van der Waals surface area contributed by atoms with Gasteiger partial charge in [-0.15, -0.1) is 11.3 Å². The van der Waals surface area contributed by atoms with Crippen LogP contribution in [0.15, 0.2) is 40.6 Å². The topological polar surface area (TPSA) is 78.9 Å². The van der Waals surface area contributed by atoms with Crippen LogP contribution in [0.25, 0.3) is 10.4 Å². The van der Waals surface area contributed by atoms with Crippen molar-refractivity contribution in [2.45, 2.75) is 35.6 Å². The van der Waals surface area contributed by atoms with E-state index in [1.807, 2.05) is 6.07 Å². The van der Waals surface area contributed by atoms with E-state index in [1.165, 1.54) is 17.8 Å².